The minimum atomic E-state index is -0.522. The van der Waals surface area contributed by atoms with E-state index >= 15 is 0 Å². The predicted molar refractivity (Wildman–Crippen MR) is 125 cm³/mol. The van der Waals surface area contributed by atoms with Crippen LogP contribution in [-0.2, 0) is 14.4 Å². The molecule has 2 aromatic carbocycles. The number of para-hydroxylation sites is 1. The Kier molecular flexibility index (Phi) is 6.01. The second-order valence-corrected chi connectivity index (χ2v) is 8.79. The van der Waals surface area contributed by atoms with Crippen molar-refractivity contribution in [3.63, 3.8) is 0 Å². The fourth-order valence-electron chi connectivity index (χ4n) is 5.00. The average Bonchev–Trinajstić information content (AvgIpc) is 2.83. The first kappa shape index (κ1) is 22.1. The van der Waals surface area contributed by atoms with Crippen LogP contribution < -0.4 is 15.4 Å². The molecule has 2 N–H and O–H groups in total. The van der Waals surface area contributed by atoms with E-state index < -0.39 is 17.6 Å². The van der Waals surface area contributed by atoms with Gasteiger partial charge < -0.3 is 15.4 Å². The van der Waals surface area contributed by atoms with Crippen molar-refractivity contribution in [3.8, 4) is 5.75 Å². The van der Waals surface area contributed by atoms with E-state index in [0.29, 0.717) is 29.7 Å². The molecule has 3 aliphatic rings. The van der Waals surface area contributed by atoms with Crippen LogP contribution >= 0.6 is 0 Å². The summed E-state index contributed by atoms with van der Waals surface area (Å²) >= 11 is 0. The van der Waals surface area contributed by atoms with Gasteiger partial charge in [-0.25, -0.2) is 4.39 Å². The Morgan fingerprint density at radius 1 is 0.941 bits per heavy atom. The summed E-state index contributed by atoms with van der Waals surface area (Å²) in [5.74, 6) is -0.861. The van der Waals surface area contributed by atoms with Crippen molar-refractivity contribution >= 4 is 23.2 Å². The topological polar surface area (TPSA) is 84.5 Å². The molecule has 7 heteroatoms. The predicted octanol–water partition coefficient (Wildman–Crippen LogP) is 4.54. The van der Waals surface area contributed by atoms with E-state index in [2.05, 4.69) is 10.6 Å². The molecule has 0 bridgehead atoms. The van der Waals surface area contributed by atoms with Crippen molar-refractivity contribution in [2.45, 2.75) is 44.4 Å². The van der Waals surface area contributed by atoms with E-state index in [-0.39, 0.29) is 23.9 Å². The maximum atomic E-state index is 13.8. The molecule has 0 saturated carbocycles. The van der Waals surface area contributed by atoms with E-state index in [1.807, 2.05) is 6.07 Å². The highest BCUT2D eigenvalue weighted by atomic mass is 19.1. The van der Waals surface area contributed by atoms with Gasteiger partial charge in [0.25, 0.3) is 5.91 Å². The number of Topliss-reactive ketones (excluding diaryl/α,β-unsaturated/α-hetero) is 2. The smallest absolute Gasteiger partial charge is 0.262 e. The molecule has 1 aliphatic heterocycles. The van der Waals surface area contributed by atoms with Crippen molar-refractivity contribution in [3.05, 3.63) is 82.5 Å². The highest BCUT2D eigenvalue weighted by molar-refractivity contribution is 6.06. The standard InChI is InChI=1S/C27H25FN2O4/c28-18-8-1-2-9-19(18)30-24(33)15-34-17-7-3-6-16(14-17)25-26-20(10-4-12-22(26)31)29-21-11-5-13-23(32)27(21)25/h1-3,6-9,14,25,29H,4-5,10-13,15H2,(H,30,33). The lowest BCUT2D eigenvalue weighted by molar-refractivity contribution is -0.118. The van der Waals surface area contributed by atoms with Crippen LogP contribution in [0.1, 0.15) is 50.0 Å². The van der Waals surface area contributed by atoms with Crippen LogP contribution in [0.15, 0.2) is 71.1 Å². The Morgan fingerprint density at radius 3 is 2.29 bits per heavy atom. The quantitative estimate of drug-likeness (QED) is 0.684. The SMILES string of the molecule is O=C(COc1cccc(C2C3=C(CCCC3=O)NC3=C2C(=O)CCC3)c1)Nc1ccccc1F. The zero-order chi connectivity index (χ0) is 23.7. The third kappa shape index (κ3) is 4.25. The lowest BCUT2D eigenvalue weighted by Crippen LogP contribution is -2.36. The summed E-state index contributed by atoms with van der Waals surface area (Å²) in [6, 6.07) is 13.1. The summed E-state index contributed by atoms with van der Waals surface area (Å²) in [4.78, 5) is 38.2. The third-order valence-electron chi connectivity index (χ3n) is 6.50. The van der Waals surface area contributed by atoms with Crippen molar-refractivity contribution in [2.24, 2.45) is 0 Å². The van der Waals surface area contributed by atoms with Crippen molar-refractivity contribution in [1.29, 1.82) is 0 Å². The van der Waals surface area contributed by atoms with Gasteiger partial charge in [0, 0.05) is 41.3 Å². The second-order valence-electron chi connectivity index (χ2n) is 8.79. The first-order valence-corrected chi connectivity index (χ1v) is 11.6. The van der Waals surface area contributed by atoms with E-state index in [1.165, 1.54) is 12.1 Å². The first-order valence-electron chi connectivity index (χ1n) is 11.6. The van der Waals surface area contributed by atoms with E-state index in [9.17, 15) is 18.8 Å². The summed E-state index contributed by atoms with van der Waals surface area (Å²) in [5.41, 5.74) is 4.07. The number of hydrogen-bond donors (Lipinski definition) is 2. The fourth-order valence-corrected chi connectivity index (χ4v) is 5.00. The molecule has 6 nitrogen and oxygen atoms in total. The Bertz CT molecular complexity index is 1200. The summed E-state index contributed by atoms with van der Waals surface area (Å²) in [5, 5.41) is 5.90. The van der Waals surface area contributed by atoms with Crippen LogP contribution in [0.5, 0.6) is 5.75 Å². The number of carbonyl (C=O) groups excluding carboxylic acids is 3. The van der Waals surface area contributed by atoms with Crippen LogP contribution in [-0.4, -0.2) is 24.1 Å². The van der Waals surface area contributed by atoms with Gasteiger partial charge in [-0.3, -0.25) is 14.4 Å². The van der Waals surface area contributed by atoms with Crippen LogP contribution in [0.4, 0.5) is 10.1 Å². The van der Waals surface area contributed by atoms with Crippen LogP contribution in [0.2, 0.25) is 0 Å². The number of amides is 1. The number of halogens is 1. The molecule has 34 heavy (non-hydrogen) atoms. The van der Waals surface area contributed by atoms with Crippen LogP contribution in [0.25, 0.3) is 0 Å². The summed E-state index contributed by atoms with van der Waals surface area (Å²) in [7, 11) is 0. The maximum Gasteiger partial charge on any atom is 0.262 e. The number of carbonyl (C=O) groups is 3. The normalized spacial score (nSPS) is 18.3. The molecule has 2 aliphatic carbocycles. The fraction of sp³-hybridized carbons (Fsp3) is 0.296. The molecule has 2 aromatic rings. The minimum Gasteiger partial charge on any atom is -0.484 e. The van der Waals surface area contributed by atoms with Crippen LogP contribution in [0, 0.1) is 5.82 Å². The molecular weight excluding hydrogens is 435 g/mol. The van der Waals surface area contributed by atoms with Gasteiger partial charge in [0.05, 0.1) is 5.69 Å². The molecule has 1 heterocycles. The number of rotatable bonds is 5. The summed E-state index contributed by atoms with van der Waals surface area (Å²) in [6.45, 7) is -0.302. The van der Waals surface area contributed by atoms with Gasteiger partial charge in [0.15, 0.2) is 18.2 Å². The monoisotopic (exact) mass is 460 g/mol. The zero-order valence-electron chi connectivity index (χ0n) is 18.7. The van der Waals surface area contributed by atoms with Crippen LogP contribution in [0.3, 0.4) is 0 Å². The van der Waals surface area contributed by atoms with E-state index in [1.54, 1.807) is 30.3 Å². The average molecular weight is 461 g/mol. The Hall–Kier alpha value is -3.74. The van der Waals surface area contributed by atoms with E-state index in [0.717, 1.165) is 42.6 Å². The molecule has 0 aromatic heterocycles. The maximum absolute atomic E-state index is 13.8. The summed E-state index contributed by atoms with van der Waals surface area (Å²) in [6.07, 6.45) is 4.12. The third-order valence-corrected chi connectivity index (χ3v) is 6.50. The van der Waals surface area contributed by atoms with Gasteiger partial charge in [-0.1, -0.05) is 24.3 Å². The van der Waals surface area contributed by atoms with Crippen molar-refractivity contribution in [1.82, 2.24) is 5.32 Å². The number of allylic oxidation sites excluding steroid dienone is 4. The number of ether oxygens (including phenoxy) is 1. The Labute approximate surface area is 196 Å². The summed E-state index contributed by atoms with van der Waals surface area (Å²) < 4.78 is 19.5. The molecule has 5 rings (SSSR count). The number of nitrogens with one attached hydrogen (secondary N) is 2. The van der Waals surface area contributed by atoms with Crippen molar-refractivity contribution in [2.75, 3.05) is 11.9 Å². The molecule has 0 atom stereocenters. The number of benzene rings is 2. The number of dihydropyridines is 1. The molecule has 174 valence electrons. The molecule has 0 saturated heterocycles. The largest absolute Gasteiger partial charge is 0.484 e. The lowest BCUT2D eigenvalue weighted by Gasteiger charge is -2.37. The van der Waals surface area contributed by atoms with Crippen molar-refractivity contribution < 1.29 is 23.5 Å². The molecule has 0 radical (unpaired) electrons. The van der Waals surface area contributed by atoms with Gasteiger partial charge in [-0.2, -0.15) is 0 Å². The molecule has 0 spiro atoms. The highest BCUT2D eigenvalue weighted by Crippen LogP contribution is 2.45. The molecule has 0 unspecified atom stereocenters. The molecular formula is C27H25FN2O4. The Morgan fingerprint density at radius 2 is 1.62 bits per heavy atom. The molecule has 0 fully saturated rings. The second kappa shape index (κ2) is 9.25. The van der Waals surface area contributed by atoms with Gasteiger partial charge in [0.2, 0.25) is 0 Å². The number of anilines is 1. The van der Waals surface area contributed by atoms with Gasteiger partial charge in [-0.05, 0) is 55.5 Å². The molecule has 1 amide bonds. The van der Waals surface area contributed by atoms with Gasteiger partial charge >= 0.3 is 0 Å². The Balaban J connectivity index is 1.40. The van der Waals surface area contributed by atoms with E-state index in [4.69, 9.17) is 4.74 Å². The first-order chi connectivity index (χ1) is 16.5. The van der Waals surface area contributed by atoms with Gasteiger partial charge in [0.1, 0.15) is 11.6 Å². The zero-order valence-corrected chi connectivity index (χ0v) is 18.7. The van der Waals surface area contributed by atoms with Gasteiger partial charge in [-0.15, -0.1) is 0 Å². The minimum absolute atomic E-state index is 0.0688. The number of hydrogen-bond acceptors (Lipinski definition) is 5. The lowest BCUT2D eigenvalue weighted by atomic mass is 9.71. The highest BCUT2D eigenvalue weighted by Gasteiger charge is 2.40. The number of ketones is 2.